The van der Waals surface area contributed by atoms with E-state index in [2.05, 4.69) is 43.1 Å². The largest absolute Gasteiger partial charge is 0.487 e. The van der Waals surface area contributed by atoms with E-state index < -0.39 is 0 Å². The summed E-state index contributed by atoms with van der Waals surface area (Å²) in [6.45, 7) is 4.42. The maximum atomic E-state index is 6.45. The van der Waals surface area contributed by atoms with Crippen LogP contribution in [0.3, 0.4) is 0 Å². The molecule has 1 fully saturated rings. The molecule has 0 N–H and O–H groups in total. The van der Waals surface area contributed by atoms with Gasteiger partial charge in [-0.25, -0.2) is 0 Å². The van der Waals surface area contributed by atoms with Crippen molar-refractivity contribution in [3.63, 3.8) is 0 Å². The van der Waals surface area contributed by atoms with Gasteiger partial charge in [-0.15, -0.1) is 0 Å². The number of ether oxygens (including phenoxy) is 2. The van der Waals surface area contributed by atoms with Gasteiger partial charge in [0.25, 0.3) is 0 Å². The third-order valence-corrected chi connectivity index (χ3v) is 5.07. The van der Waals surface area contributed by atoms with Gasteiger partial charge in [0.15, 0.2) is 0 Å². The molecule has 0 aromatic heterocycles. The Morgan fingerprint density at radius 3 is 2.70 bits per heavy atom. The lowest BCUT2D eigenvalue weighted by molar-refractivity contribution is -0.0363. The second-order valence-electron chi connectivity index (χ2n) is 6.38. The Balaban J connectivity index is 1.92. The lowest BCUT2D eigenvalue weighted by atomic mass is 9.75. The minimum absolute atomic E-state index is 0.0122. The van der Waals surface area contributed by atoms with E-state index in [1.54, 1.807) is 0 Å². The molecule has 3 rings (SSSR count). The smallest absolute Gasteiger partial charge is 0.123 e. The first-order valence-corrected chi connectivity index (χ1v) is 7.63. The summed E-state index contributed by atoms with van der Waals surface area (Å²) in [6.07, 6.45) is 3.54. The van der Waals surface area contributed by atoms with E-state index in [-0.39, 0.29) is 11.7 Å². The predicted octanol–water partition coefficient (Wildman–Crippen LogP) is 3.05. The Morgan fingerprint density at radius 1 is 1.30 bits per heavy atom. The van der Waals surface area contributed by atoms with Gasteiger partial charge in [-0.1, -0.05) is 18.2 Å². The van der Waals surface area contributed by atoms with Crippen molar-refractivity contribution in [3.8, 4) is 5.75 Å². The molecule has 0 bridgehead atoms. The topological polar surface area (TPSA) is 21.7 Å². The highest BCUT2D eigenvalue weighted by Crippen LogP contribution is 2.46. The summed E-state index contributed by atoms with van der Waals surface area (Å²) in [5.41, 5.74) is 1.32. The first kappa shape index (κ1) is 13.9. The molecular formula is C17H25NO2. The summed E-state index contributed by atoms with van der Waals surface area (Å²) in [5.74, 6) is 1.51. The molecule has 1 spiro atoms. The average molecular weight is 275 g/mol. The molecule has 1 aromatic carbocycles. The number of hydrogen-bond acceptors (Lipinski definition) is 3. The minimum Gasteiger partial charge on any atom is -0.487 e. The van der Waals surface area contributed by atoms with Crippen molar-refractivity contribution < 1.29 is 9.47 Å². The SMILES string of the molecule is COC(C)C1CC2(CCN(C)CC2)Oc2ccccc21. The maximum Gasteiger partial charge on any atom is 0.123 e. The average Bonchev–Trinajstić information content (AvgIpc) is 2.49. The van der Waals surface area contributed by atoms with Gasteiger partial charge >= 0.3 is 0 Å². The molecule has 0 aliphatic carbocycles. The Bertz CT molecular complexity index is 466. The summed E-state index contributed by atoms with van der Waals surface area (Å²) >= 11 is 0. The molecule has 3 nitrogen and oxygen atoms in total. The molecule has 2 unspecified atom stereocenters. The number of likely N-dealkylation sites (tertiary alicyclic amines) is 1. The first-order valence-electron chi connectivity index (χ1n) is 7.63. The van der Waals surface area contributed by atoms with Crippen LogP contribution in [-0.4, -0.2) is 43.9 Å². The highest BCUT2D eigenvalue weighted by molar-refractivity contribution is 5.40. The molecule has 0 saturated carbocycles. The quantitative estimate of drug-likeness (QED) is 0.828. The second-order valence-corrected chi connectivity index (χ2v) is 6.38. The molecule has 110 valence electrons. The van der Waals surface area contributed by atoms with Crippen molar-refractivity contribution >= 4 is 0 Å². The predicted molar refractivity (Wildman–Crippen MR) is 80.4 cm³/mol. The monoisotopic (exact) mass is 275 g/mol. The third kappa shape index (κ3) is 2.45. The molecule has 3 heteroatoms. The summed E-state index contributed by atoms with van der Waals surface area (Å²) in [4.78, 5) is 2.39. The van der Waals surface area contributed by atoms with Crippen LogP contribution in [0.2, 0.25) is 0 Å². The molecule has 1 saturated heterocycles. The van der Waals surface area contributed by atoms with E-state index in [0.29, 0.717) is 5.92 Å². The molecular weight excluding hydrogens is 250 g/mol. The summed E-state index contributed by atoms with van der Waals surface area (Å²) in [7, 11) is 4.00. The zero-order valence-corrected chi connectivity index (χ0v) is 12.8. The zero-order valence-electron chi connectivity index (χ0n) is 12.8. The fraction of sp³-hybridized carbons (Fsp3) is 0.647. The summed E-state index contributed by atoms with van der Waals surface area (Å²) < 4.78 is 12.1. The number of rotatable bonds is 2. The number of hydrogen-bond donors (Lipinski definition) is 0. The molecule has 1 aromatic rings. The number of para-hydroxylation sites is 1. The van der Waals surface area contributed by atoms with Crippen LogP contribution in [0.1, 0.15) is 37.7 Å². The van der Waals surface area contributed by atoms with Gasteiger partial charge in [0.05, 0.1) is 6.10 Å². The van der Waals surface area contributed by atoms with Crippen molar-refractivity contribution in [1.29, 1.82) is 0 Å². The zero-order chi connectivity index (χ0) is 14.2. The fourth-order valence-corrected chi connectivity index (χ4v) is 3.58. The van der Waals surface area contributed by atoms with E-state index in [1.807, 2.05) is 7.11 Å². The molecule has 0 radical (unpaired) electrons. The van der Waals surface area contributed by atoms with Crippen LogP contribution in [0.15, 0.2) is 24.3 Å². The number of piperidine rings is 1. The van der Waals surface area contributed by atoms with Crippen LogP contribution < -0.4 is 4.74 Å². The third-order valence-electron chi connectivity index (χ3n) is 5.07. The Hall–Kier alpha value is -1.06. The van der Waals surface area contributed by atoms with Gasteiger partial charge in [0.1, 0.15) is 11.4 Å². The normalized spacial score (nSPS) is 26.9. The minimum atomic E-state index is 0.0122. The van der Waals surface area contributed by atoms with E-state index in [9.17, 15) is 0 Å². The second kappa shape index (κ2) is 5.38. The van der Waals surface area contributed by atoms with Crippen molar-refractivity contribution in [1.82, 2.24) is 4.90 Å². The van der Waals surface area contributed by atoms with Crippen LogP contribution >= 0.6 is 0 Å². The van der Waals surface area contributed by atoms with Gasteiger partial charge in [-0.2, -0.15) is 0 Å². The number of fused-ring (bicyclic) bond motifs is 1. The van der Waals surface area contributed by atoms with Crippen molar-refractivity contribution in [2.75, 3.05) is 27.2 Å². The number of benzene rings is 1. The van der Waals surface area contributed by atoms with Gasteiger partial charge in [-0.05, 0) is 44.9 Å². The summed E-state index contributed by atoms with van der Waals surface area (Å²) in [5, 5.41) is 0. The Kier molecular flexibility index (Phi) is 3.74. The van der Waals surface area contributed by atoms with Crippen LogP contribution in [0.5, 0.6) is 5.75 Å². The molecule has 2 aliphatic heterocycles. The van der Waals surface area contributed by atoms with Gasteiger partial charge in [0.2, 0.25) is 0 Å². The van der Waals surface area contributed by atoms with Crippen LogP contribution in [-0.2, 0) is 4.74 Å². The molecule has 2 aliphatic rings. The lowest BCUT2D eigenvalue weighted by Gasteiger charge is -2.47. The lowest BCUT2D eigenvalue weighted by Crippen LogP contribution is -2.50. The maximum absolute atomic E-state index is 6.45. The summed E-state index contributed by atoms with van der Waals surface area (Å²) in [6, 6.07) is 8.48. The Morgan fingerprint density at radius 2 is 2.00 bits per heavy atom. The standard InChI is InChI=1S/C17H25NO2/c1-13(19-3)15-12-17(8-10-18(2)11-9-17)20-16-7-5-4-6-14(15)16/h4-7,13,15H,8-12H2,1-3H3. The highest BCUT2D eigenvalue weighted by atomic mass is 16.5. The van der Waals surface area contributed by atoms with Gasteiger partial charge in [0, 0.05) is 26.1 Å². The van der Waals surface area contributed by atoms with E-state index in [1.165, 1.54) is 5.56 Å². The van der Waals surface area contributed by atoms with Crippen molar-refractivity contribution in [2.45, 2.75) is 43.8 Å². The molecule has 20 heavy (non-hydrogen) atoms. The highest BCUT2D eigenvalue weighted by Gasteiger charge is 2.44. The van der Waals surface area contributed by atoms with Crippen LogP contribution in [0, 0.1) is 0 Å². The Labute approximate surface area is 121 Å². The van der Waals surface area contributed by atoms with E-state index >= 15 is 0 Å². The van der Waals surface area contributed by atoms with Crippen LogP contribution in [0.25, 0.3) is 0 Å². The van der Waals surface area contributed by atoms with Gasteiger partial charge in [-0.3, -0.25) is 0 Å². The van der Waals surface area contributed by atoms with Crippen molar-refractivity contribution in [2.24, 2.45) is 0 Å². The molecule has 2 heterocycles. The number of methoxy groups -OCH3 is 1. The molecule has 0 amide bonds. The van der Waals surface area contributed by atoms with E-state index in [0.717, 1.165) is 38.1 Å². The number of nitrogens with zero attached hydrogens (tertiary/aromatic N) is 1. The molecule has 2 atom stereocenters. The van der Waals surface area contributed by atoms with Gasteiger partial charge < -0.3 is 14.4 Å². The fourth-order valence-electron chi connectivity index (χ4n) is 3.58. The van der Waals surface area contributed by atoms with Crippen LogP contribution in [0.4, 0.5) is 0 Å². The van der Waals surface area contributed by atoms with E-state index in [4.69, 9.17) is 9.47 Å². The first-order chi connectivity index (χ1) is 9.63. The van der Waals surface area contributed by atoms with Crippen molar-refractivity contribution in [3.05, 3.63) is 29.8 Å².